The van der Waals surface area contributed by atoms with Crippen LogP contribution in [0.1, 0.15) is 31.4 Å². The molecule has 1 amide bonds. The van der Waals surface area contributed by atoms with Crippen LogP contribution in [0.3, 0.4) is 0 Å². The van der Waals surface area contributed by atoms with Gasteiger partial charge in [0.05, 0.1) is 20.5 Å². The van der Waals surface area contributed by atoms with Crippen LogP contribution in [0.25, 0.3) is 27.7 Å². The summed E-state index contributed by atoms with van der Waals surface area (Å²) in [4.78, 5) is 12.4. The number of aryl methyl sites for hydroxylation is 1. The Morgan fingerprint density at radius 2 is 1.94 bits per heavy atom. The highest BCUT2D eigenvalue weighted by Gasteiger charge is 2.20. The smallest absolute Gasteiger partial charge is 0.244 e. The third-order valence-corrected chi connectivity index (χ3v) is 5.39. The van der Waals surface area contributed by atoms with Crippen molar-refractivity contribution in [3.8, 4) is 22.6 Å². The first-order chi connectivity index (χ1) is 15.5. The van der Waals surface area contributed by atoms with E-state index in [2.05, 4.69) is 5.32 Å². The fourth-order valence-electron chi connectivity index (χ4n) is 3.80. The Bertz CT molecular complexity index is 1110. The molecule has 6 heteroatoms. The number of furan rings is 1. The molecule has 32 heavy (non-hydrogen) atoms. The molecule has 0 spiro atoms. The number of allylic oxidation sites excluding steroid dienone is 1. The van der Waals surface area contributed by atoms with Gasteiger partial charge in [0.2, 0.25) is 5.91 Å². The quantitative estimate of drug-likeness (QED) is 0.341. The zero-order valence-corrected chi connectivity index (χ0v) is 19.4. The summed E-state index contributed by atoms with van der Waals surface area (Å²) in [5.41, 5.74) is 5.15. The van der Waals surface area contributed by atoms with Crippen LogP contribution in [0.5, 0.6) is 11.5 Å². The van der Waals surface area contributed by atoms with E-state index in [4.69, 9.17) is 18.6 Å². The third-order valence-electron chi connectivity index (χ3n) is 5.39. The van der Waals surface area contributed by atoms with Crippen LogP contribution in [0.15, 0.2) is 47.1 Å². The summed E-state index contributed by atoms with van der Waals surface area (Å²) in [6, 6.07) is 9.84. The van der Waals surface area contributed by atoms with Gasteiger partial charge in [0, 0.05) is 53.5 Å². The molecule has 2 aromatic carbocycles. The van der Waals surface area contributed by atoms with Crippen molar-refractivity contribution >= 4 is 22.4 Å². The lowest BCUT2D eigenvalue weighted by atomic mass is 9.96. The summed E-state index contributed by atoms with van der Waals surface area (Å²) in [5.74, 6) is 1.32. The molecule has 6 nitrogen and oxygen atoms in total. The number of benzene rings is 2. The van der Waals surface area contributed by atoms with Gasteiger partial charge in [-0.3, -0.25) is 4.79 Å². The number of methoxy groups -OCH3 is 2. The van der Waals surface area contributed by atoms with Gasteiger partial charge in [-0.2, -0.15) is 0 Å². The Hall–Kier alpha value is -3.25. The molecule has 170 valence electrons. The molecule has 0 radical (unpaired) electrons. The normalized spacial score (nSPS) is 11.6. The molecule has 0 aliphatic carbocycles. The van der Waals surface area contributed by atoms with Gasteiger partial charge >= 0.3 is 0 Å². The SMILES string of the molecule is CCOCCCNC(=O)/C=C(\C)c1cc2c(-c3ccccc3OC)coc2c(C)c1OC. The van der Waals surface area contributed by atoms with Gasteiger partial charge in [-0.05, 0) is 44.9 Å². The van der Waals surface area contributed by atoms with Gasteiger partial charge in [-0.25, -0.2) is 0 Å². The van der Waals surface area contributed by atoms with Crippen LogP contribution in [0.2, 0.25) is 0 Å². The van der Waals surface area contributed by atoms with Crippen LogP contribution in [0, 0.1) is 6.92 Å². The molecule has 3 rings (SSSR count). The zero-order valence-electron chi connectivity index (χ0n) is 19.4. The van der Waals surface area contributed by atoms with Gasteiger partial charge in [0.1, 0.15) is 17.1 Å². The van der Waals surface area contributed by atoms with Crippen molar-refractivity contribution in [2.24, 2.45) is 0 Å². The fourth-order valence-corrected chi connectivity index (χ4v) is 3.80. The summed E-state index contributed by atoms with van der Waals surface area (Å²) in [6.07, 6.45) is 4.12. The lowest BCUT2D eigenvalue weighted by Gasteiger charge is -2.14. The van der Waals surface area contributed by atoms with Gasteiger partial charge in [0.15, 0.2) is 0 Å². The van der Waals surface area contributed by atoms with Gasteiger partial charge < -0.3 is 23.9 Å². The average molecular weight is 438 g/mol. The number of hydrogen-bond acceptors (Lipinski definition) is 5. The van der Waals surface area contributed by atoms with E-state index in [0.29, 0.717) is 25.5 Å². The predicted molar refractivity (Wildman–Crippen MR) is 127 cm³/mol. The predicted octanol–water partition coefficient (Wildman–Crippen LogP) is 5.37. The van der Waals surface area contributed by atoms with Gasteiger partial charge in [0.25, 0.3) is 0 Å². The maximum Gasteiger partial charge on any atom is 0.244 e. The zero-order chi connectivity index (χ0) is 23.1. The van der Waals surface area contributed by atoms with E-state index in [-0.39, 0.29) is 5.91 Å². The highest BCUT2D eigenvalue weighted by atomic mass is 16.5. The lowest BCUT2D eigenvalue weighted by Crippen LogP contribution is -2.23. The van der Waals surface area contributed by atoms with E-state index in [0.717, 1.165) is 51.0 Å². The maximum atomic E-state index is 12.4. The summed E-state index contributed by atoms with van der Waals surface area (Å²) in [6.45, 7) is 7.70. The van der Waals surface area contributed by atoms with Crippen LogP contribution in [-0.4, -0.2) is 39.9 Å². The molecule has 0 bridgehead atoms. The molecular weight excluding hydrogens is 406 g/mol. The number of carbonyl (C=O) groups excluding carboxylic acids is 1. The molecule has 0 saturated heterocycles. The van der Waals surface area contributed by atoms with Crippen molar-refractivity contribution < 1.29 is 23.4 Å². The van der Waals surface area contributed by atoms with Crippen LogP contribution in [-0.2, 0) is 9.53 Å². The van der Waals surface area contributed by atoms with Crippen LogP contribution >= 0.6 is 0 Å². The maximum absolute atomic E-state index is 12.4. The van der Waals surface area contributed by atoms with E-state index in [1.807, 2.05) is 51.1 Å². The molecule has 1 heterocycles. The first-order valence-corrected chi connectivity index (χ1v) is 10.8. The second-order valence-electron chi connectivity index (χ2n) is 7.48. The summed E-state index contributed by atoms with van der Waals surface area (Å²) >= 11 is 0. The summed E-state index contributed by atoms with van der Waals surface area (Å²) in [5, 5.41) is 3.85. The molecule has 3 aromatic rings. The fraction of sp³-hybridized carbons (Fsp3) is 0.346. The highest BCUT2D eigenvalue weighted by Crippen LogP contribution is 2.42. The monoisotopic (exact) mass is 437 g/mol. The van der Waals surface area contributed by atoms with Crippen LogP contribution < -0.4 is 14.8 Å². The van der Waals surface area contributed by atoms with Crippen molar-refractivity contribution in [3.05, 3.63) is 53.8 Å². The molecule has 0 atom stereocenters. The van der Waals surface area contributed by atoms with Crippen molar-refractivity contribution in [2.45, 2.75) is 27.2 Å². The molecule has 0 aliphatic heterocycles. The van der Waals surface area contributed by atoms with E-state index in [9.17, 15) is 4.79 Å². The number of amides is 1. The van der Waals surface area contributed by atoms with Crippen molar-refractivity contribution in [1.82, 2.24) is 5.32 Å². The van der Waals surface area contributed by atoms with Crippen molar-refractivity contribution in [1.29, 1.82) is 0 Å². The highest BCUT2D eigenvalue weighted by molar-refractivity contribution is 6.02. The standard InChI is InChI=1S/C26H31NO5/c1-6-31-13-9-12-27-24(28)14-17(2)20-15-21-22(19-10-7-8-11-23(19)29-4)16-32-26(21)18(3)25(20)30-5/h7-8,10-11,14-16H,6,9,12-13H2,1-5H3,(H,27,28)/b17-14+. The first-order valence-electron chi connectivity index (χ1n) is 10.8. The summed E-state index contributed by atoms with van der Waals surface area (Å²) < 4.78 is 22.5. The topological polar surface area (TPSA) is 69.9 Å². The number of nitrogens with one attached hydrogen (secondary N) is 1. The molecule has 1 N–H and O–H groups in total. The molecule has 0 aliphatic rings. The number of ether oxygens (including phenoxy) is 3. The Morgan fingerprint density at radius 3 is 2.66 bits per heavy atom. The van der Waals surface area contributed by atoms with Crippen molar-refractivity contribution in [3.63, 3.8) is 0 Å². The van der Waals surface area contributed by atoms with Crippen molar-refractivity contribution in [2.75, 3.05) is 34.0 Å². The molecule has 1 aromatic heterocycles. The minimum atomic E-state index is -0.143. The molecule has 0 unspecified atom stereocenters. The number of rotatable bonds is 10. The second-order valence-corrected chi connectivity index (χ2v) is 7.48. The minimum absolute atomic E-state index is 0.143. The number of fused-ring (bicyclic) bond motifs is 1. The lowest BCUT2D eigenvalue weighted by molar-refractivity contribution is -0.116. The average Bonchev–Trinajstić information content (AvgIpc) is 3.23. The molecular formula is C26H31NO5. The Kier molecular flexibility index (Phi) is 7.95. The Morgan fingerprint density at radius 1 is 1.16 bits per heavy atom. The number of carbonyl (C=O) groups is 1. The molecule has 0 saturated carbocycles. The van der Waals surface area contributed by atoms with E-state index in [1.54, 1.807) is 26.6 Å². The number of para-hydroxylation sites is 1. The number of hydrogen-bond donors (Lipinski definition) is 1. The van der Waals surface area contributed by atoms with E-state index in [1.165, 1.54) is 0 Å². The van der Waals surface area contributed by atoms with E-state index < -0.39 is 0 Å². The Labute approximate surface area is 189 Å². The first kappa shape index (κ1) is 23.4. The van der Waals surface area contributed by atoms with Gasteiger partial charge in [-0.15, -0.1) is 0 Å². The minimum Gasteiger partial charge on any atom is -0.496 e. The van der Waals surface area contributed by atoms with E-state index >= 15 is 0 Å². The van der Waals surface area contributed by atoms with Crippen LogP contribution in [0.4, 0.5) is 0 Å². The Balaban J connectivity index is 1.98. The summed E-state index contributed by atoms with van der Waals surface area (Å²) in [7, 11) is 3.28. The van der Waals surface area contributed by atoms with Gasteiger partial charge in [-0.1, -0.05) is 18.2 Å². The largest absolute Gasteiger partial charge is 0.496 e. The third kappa shape index (κ3) is 4.97. The molecule has 0 fully saturated rings. The second kappa shape index (κ2) is 10.9.